The van der Waals surface area contributed by atoms with Gasteiger partial charge in [-0.2, -0.15) is 0 Å². The Labute approximate surface area is 118 Å². The lowest BCUT2D eigenvalue weighted by Gasteiger charge is -2.33. The summed E-state index contributed by atoms with van der Waals surface area (Å²) in [6.45, 7) is 4.84. The molecule has 0 radical (unpaired) electrons. The van der Waals surface area contributed by atoms with Gasteiger partial charge in [-0.3, -0.25) is 0 Å². The normalized spacial score (nSPS) is 18.7. The Morgan fingerprint density at radius 1 is 1.22 bits per heavy atom. The molecule has 0 amide bonds. The van der Waals surface area contributed by atoms with E-state index in [-0.39, 0.29) is 0 Å². The third kappa shape index (κ3) is 3.27. The molecular formula is C15H22BrNO. The summed E-state index contributed by atoms with van der Waals surface area (Å²) in [6, 6.07) is 4.28. The molecule has 1 saturated carbocycles. The molecule has 2 rings (SSSR count). The molecule has 0 spiro atoms. The lowest BCUT2D eigenvalue weighted by Crippen LogP contribution is -2.38. The summed E-state index contributed by atoms with van der Waals surface area (Å²) in [5, 5.41) is 13.9. The van der Waals surface area contributed by atoms with Crippen LogP contribution in [0.3, 0.4) is 0 Å². The van der Waals surface area contributed by atoms with Crippen molar-refractivity contribution in [3.8, 4) is 0 Å². The first-order valence-electron chi connectivity index (χ1n) is 6.73. The van der Waals surface area contributed by atoms with Crippen LogP contribution in [0, 0.1) is 13.8 Å². The molecule has 0 saturated heterocycles. The molecular weight excluding hydrogens is 290 g/mol. The lowest BCUT2D eigenvalue weighted by atomic mass is 9.85. The Kier molecular flexibility index (Phi) is 4.33. The number of hydrogen-bond donors (Lipinski definition) is 2. The molecule has 1 aliphatic rings. The highest BCUT2D eigenvalue weighted by atomic mass is 79.9. The second kappa shape index (κ2) is 5.62. The van der Waals surface area contributed by atoms with Crippen molar-refractivity contribution in [2.75, 3.05) is 11.9 Å². The number of benzene rings is 1. The SMILES string of the molecule is Cc1cc(C)c(NCC2(O)CCCCC2)c(Br)c1. The van der Waals surface area contributed by atoms with E-state index in [4.69, 9.17) is 0 Å². The molecule has 2 N–H and O–H groups in total. The van der Waals surface area contributed by atoms with E-state index in [2.05, 4.69) is 47.2 Å². The largest absolute Gasteiger partial charge is 0.388 e. The van der Waals surface area contributed by atoms with Gasteiger partial charge in [0.2, 0.25) is 0 Å². The van der Waals surface area contributed by atoms with Crippen molar-refractivity contribution in [1.29, 1.82) is 0 Å². The summed E-state index contributed by atoms with van der Waals surface area (Å²) in [5.41, 5.74) is 3.07. The number of rotatable bonds is 3. The van der Waals surface area contributed by atoms with E-state index in [0.717, 1.165) is 35.8 Å². The first-order valence-corrected chi connectivity index (χ1v) is 7.52. The molecule has 1 fully saturated rings. The molecule has 0 heterocycles. The smallest absolute Gasteiger partial charge is 0.0819 e. The number of halogens is 1. The minimum atomic E-state index is -0.519. The fraction of sp³-hybridized carbons (Fsp3) is 0.600. The van der Waals surface area contributed by atoms with E-state index in [1.807, 2.05) is 0 Å². The minimum Gasteiger partial charge on any atom is -0.388 e. The van der Waals surface area contributed by atoms with Gasteiger partial charge in [0.1, 0.15) is 0 Å². The average molecular weight is 312 g/mol. The van der Waals surface area contributed by atoms with Crippen molar-refractivity contribution in [3.05, 3.63) is 27.7 Å². The van der Waals surface area contributed by atoms with E-state index in [0.29, 0.717) is 6.54 Å². The Hall–Kier alpha value is -0.540. The number of aliphatic hydroxyl groups is 1. The van der Waals surface area contributed by atoms with Crippen LogP contribution in [-0.4, -0.2) is 17.3 Å². The molecule has 1 aliphatic carbocycles. The molecule has 1 aromatic carbocycles. The van der Waals surface area contributed by atoms with Crippen LogP contribution in [0.2, 0.25) is 0 Å². The topological polar surface area (TPSA) is 32.3 Å². The van der Waals surface area contributed by atoms with Crippen LogP contribution < -0.4 is 5.32 Å². The van der Waals surface area contributed by atoms with E-state index in [9.17, 15) is 5.11 Å². The van der Waals surface area contributed by atoms with Gasteiger partial charge in [-0.05, 0) is 59.8 Å². The second-order valence-corrected chi connectivity index (χ2v) is 6.43. The molecule has 0 bridgehead atoms. The summed E-state index contributed by atoms with van der Waals surface area (Å²) in [6.07, 6.45) is 5.39. The Morgan fingerprint density at radius 3 is 2.50 bits per heavy atom. The van der Waals surface area contributed by atoms with E-state index < -0.39 is 5.60 Å². The highest BCUT2D eigenvalue weighted by Crippen LogP contribution is 2.31. The van der Waals surface area contributed by atoms with Gasteiger partial charge in [-0.25, -0.2) is 0 Å². The van der Waals surface area contributed by atoms with E-state index in [1.54, 1.807) is 0 Å². The third-order valence-electron chi connectivity index (χ3n) is 3.81. The molecule has 0 atom stereocenters. The second-order valence-electron chi connectivity index (χ2n) is 5.58. The van der Waals surface area contributed by atoms with Crippen molar-refractivity contribution < 1.29 is 5.11 Å². The Balaban J connectivity index is 2.06. The lowest BCUT2D eigenvalue weighted by molar-refractivity contribution is 0.0167. The van der Waals surface area contributed by atoms with E-state index in [1.165, 1.54) is 17.5 Å². The Morgan fingerprint density at radius 2 is 1.89 bits per heavy atom. The van der Waals surface area contributed by atoms with Crippen molar-refractivity contribution in [1.82, 2.24) is 0 Å². The van der Waals surface area contributed by atoms with Gasteiger partial charge in [0.15, 0.2) is 0 Å². The van der Waals surface area contributed by atoms with Crippen LogP contribution in [0.4, 0.5) is 5.69 Å². The fourth-order valence-electron chi connectivity index (χ4n) is 2.78. The van der Waals surface area contributed by atoms with Crippen LogP contribution in [-0.2, 0) is 0 Å². The highest BCUT2D eigenvalue weighted by molar-refractivity contribution is 9.10. The molecule has 1 aromatic rings. The quantitative estimate of drug-likeness (QED) is 0.878. The van der Waals surface area contributed by atoms with Gasteiger partial charge in [0, 0.05) is 11.0 Å². The van der Waals surface area contributed by atoms with Crippen LogP contribution in [0.25, 0.3) is 0 Å². The summed E-state index contributed by atoms with van der Waals surface area (Å²) in [7, 11) is 0. The molecule has 18 heavy (non-hydrogen) atoms. The van der Waals surface area contributed by atoms with Gasteiger partial charge >= 0.3 is 0 Å². The predicted octanol–water partition coefficient (Wildman–Crippen LogP) is 4.17. The first kappa shape index (κ1) is 13.9. The molecule has 0 unspecified atom stereocenters. The molecule has 2 nitrogen and oxygen atoms in total. The third-order valence-corrected chi connectivity index (χ3v) is 4.44. The Bertz CT molecular complexity index is 401. The minimum absolute atomic E-state index is 0.519. The summed E-state index contributed by atoms with van der Waals surface area (Å²) >= 11 is 3.60. The number of anilines is 1. The zero-order valence-corrected chi connectivity index (χ0v) is 12.8. The van der Waals surface area contributed by atoms with Crippen LogP contribution in [0.1, 0.15) is 43.2 Å². The van der Waals surface area contributed by atoms with Crippen LogP contribution in [0.15, 0.2) is 16.6 Å². The van der Waals surface area contributed by atoms with Crippen molar-refractivity contribution in [3.63, 3.8) is 0 Å². The monoisotopic (exact) mass is 311 g/mol. The first-order chi connectivity index (χ1) is 8.50. The summed E-state index contributed by atoms with van der Waals surface area (Å²) in [4.78, 5) is 0. The van der Waals surface area contributed by atoms with Crippen LogP contribution >= 0.6 is 15.9 Å². The molecule has 3 heteroatoms. The maximum Gasteiger partial charge on any atom is 0.0819 e. The van der Waals surface area contributed by atoms with Crippen molar-refractivity contribution in [2.24, 2.45) is 0 Å². The number of nitrogens with one attached hydrogen (secondary N) is 1. The van der Waals surface area contributed by atoms with E-state index >= 15 is 0 Å². The zero-order chi connectivity index (χ0) is 13.2. The van der Waals surface area contributed by atoms with Gasteiger partial charge in [-0.1, -0.05) is 25.3 Å². The maximum absolute atomic E-state index is 10.5. The standard InChI is InChI=1S/C15H22BrNO/c1-11-8-12(2)14(13(16)9-11)17-10-15(18)6-4-3-5-7-15/h8-9,17-18H,3-7,10H2,1-2H3. The van der Waals surface area contributed by atoms with Crippen LogP contribution in [0.5, 0.6) is 0 Å². The van der Waals surface area contributed by atoms with Gasteiger partial charge < -0.3 is 10.4 Å². The van der Waals surface area contributed by atoms with Gasteiger partial charge in [-0.15, -0.1) is 0 Å². The van der Waals surface area contributed by atoms with Gasteiger partial charge in [0.05, 0.1) is 11.3 Å². The zero-order valence-electron chi connectivity index (χ0n) is 11.2. The predicted molar refractivity (Wildman–Crippen MR) is 80.1 cm³/mol. The molecule has 100 valence electrons. The van der Waals surface area contributed by atoms with Crippen molar-refractivity contribution >= 4 is 21.6 Å². The highest BCUT2D eigenvalue weighted by Gasteiger charge is 2.29. The molecule has 0 aliphatic heterocycles. The number of hydrogen-bond acceptors (Lipinski definition) is 2. The molecule has 0 aromatic heterocycles. The van der Waals surface area contributed by atoms with Gasteiger partial charge in [0.25, 0.3) is 0 Å². The average Bonchev–Trinajstić information content (AvgIpc) is 2.28. The fourth-order valence-corrected chi connectivity index (χ4v) is 3.59. The summed E-state index contributed by atoms with van der Waals surface area (Å²) in [5.74, 6) is 0. The van der Waals surface area contributed by atoms with Crippen molar-refractivity contribution in [2.45, 2.75) is 51.6 Å². The maximum atomic E-state index is 10.5. The number of aryl methyl sites for hydroxylation is 2. The summed E-state index contributed by atoms with van der Waals surface area (Å²) < 4.78 is 1.08.